The fraction of sp³-hybridized carbons (Fsp3) is 0.909. The van der Waals surface area contributed by atoms with Gasteiger partial charge in [0.2, 0.25) is 0 Å². The number of nitrogens with zero attached hydrogens (tertiary/aromatic N) is 1. The molecule has 5 heteroatoms. The first-order valence-corrected chi connectivity index (χ1v) is 5.96. The minimum absolute atomic E-state index is 0.0624. The van der Waals surface area contributed by atoms with Crippen LogP contribution >= 0.6 is 0 Å². The topological polar surface area (TPSA) is 64.8 Å². The van der Waals surface area contributed by atoms with E-state index in [0.717, 1.165) is 12.8 Å². The maximum absolute atomic E-state index is 12.1. The molecule has 0 aliphatic carbocycles. The quantitative estimate of drug-likeness (QED) is 0.707. The number of ether oxygens (including phenoxy) is 2. The number of carbonyl (C=O) groups excluding carboxylic acids is 1. The summed E-state index contributed by atoms with van der Waals surface area (Å²) in [6.45, 7) is 4.46. The van der Waals surface area contributed by atoms with Gasteiger partial charge in [0, 0.05) is 19.6 Å². The number of nitrogens with two attached hydrogens (primary N) is 1. The molecule has 2 fully saturated rings. The molecule has 2 aliphatic heterocycles. The third kappa shape index (κ3) is 2.53. The van der Waals surface area contributed by atoms with Gasteiger partial charge < -0.3 is 20.1 Å². The van der Waals surface area contributed by atoms with Crippen LogP contribution in [-0.2, 0) is 14.3 Å². The van der Waals surface area contributed by atoms with E-state index in [-0.39, 0.29) is 24.2 Å². The molecule has 0 aromatic carbocycles. The molecule has 0 bridgehead atoms. The van der Waals surface area contributed by atoms with Gasteiger partial charge in [-0.25, -0.2) is 0 Å². The first kappa shape index (κ1) is 11.8. The lowest BCUT2D eigenvalue weighted by molar-refractivity contribution is -0.149. The summed E-state index contributed by atoms with van der Waals surface area (Å²) >= 11 is 0. The van der Waals surface area contributed by atoms with Gasteiger partial charge in [-0.15, -0.1) is 0 Å². The fourth-order valence-electron chi connectivity index (χ4n) is 2.28. The highest BCUT2D eigenvalue weighted by atomic mass is 16.5. The van der Waals surface area contributed by atoms with Crippen molar-refractivity contribution in [1.29, 1.82) is 0 Å². The van der Waals surface area contributed by atoms with Crippen LogP contribution in [-0.4, -0.2) is 55.4 Å². The molecular formula is C11H20N2O3. The predicted octanol–water partition coefficient (Wildman–Crippen LogP) is -0.260. The van der Waals surface area contributed by atoms with Crippen molar-refractivity contribution in [2.24, 2.45) is 5.73 Å². The second-order valence-corrected chi connectivity index (χ2v) is 4.53. The molecule has 0 saturated carbocycles. The molecule has 2 aliphatic rings. The molecule has 16 heavy (non-hydrogen) atoms. The van der Waals surface area contributed by atoms with Crippen molar-refractivity contribution in [3.8, 4) is 0 Å². The summed E-state index contributed by atoms with van der Waals surface area (Å²) in [5.41, 5.74) is 5.53. The zero-order valence-electron chi connectivity index (χ0n) is 9.72. The van der Waals surface area contributed by atoms with Gasteiger partial charge in [-0.1, -0.05) is 0 Å². The van der Waals surface area contributed by atoms with Crippen LogP contribution < -0.4 is 5.73 Å². The minimum atomic E-state index is -0.279. The Balaban J connectivity index is 1.87. The molecule has 3 unspecified atom stereocenters. The Morgan fingerprint density at radius 2 is 2.31 bits per heavy atom. The van der Waals surface area contributed by atoms with E-state index in [1.807, 2.05) is 11.8 Å². The highest BCUT2D eigenvalue weighted by molar-refractivity contribution is 5.81. The Labute approximate surface area is 95.9 Å². The van der Waals surface area contributed by atoms with Crippen molar-refractivity contribution in [3.05, 3.63) is 0 Å². The van der Waals surface area contributed by atoms with Crippen LogP contribution in [0.25, 0.3) is 0 Å². The maximum atomic E-state index is 12.1. The SMILES string of the molecule is CC1CN(C(=O)C2CCC(CN)O2)CCO1. The third-order valence-corrected chi connectivity index (χ3v) is 3.20. The number of hydrogen-bond acceptors (Lipinski definition) is 4. The molecule has 0 spiro atoms. The second kappa shape index (κ2) is 5.12. The summed E-state index contributed by atoms with van der Waals surface area (Å²) in [6, 6.07) is 0. The van der Waals surface area contributed by atoms with E-state index in [1.165, 1.54) is 0 Å². The molecule has 92 valence electrons. The van der Waals surface area contributed by atoms with Crippen LogP contribution in [0.15, 0.2) is 0 Å². The van der Waals surface area contributed by atoms with E-state index >= 15 is 0 Å². The summed E-state index contributed by atoms with van der Waals surface area (Å²) in [5.74, 6) is 0.103. The molecule has 2 saturated heterocycles. The first-order chi connectivity index (χ1) is 7.70. The molecule has 0 aromatic rings. The fourth-order valence-corrected chi connectivity index (χ4v) is 2.28. The van der Waals surface area contributed by atoms with Gasteiger partial charge in [0.15, 0.2) is 0 Å². The molecule has 2 N–H and O–H groups in total. The average molecular weight is 228 g/mol. The number of morpholine rings is 1. The van der Waals surface area contributed by atoms with Gasteiger partial charge in [0.1, 0.15) is 6.10 Å². The third-order valence-electron chi connectivity index (χ3n) is 3.20. The number of hydrogen-bond donors (Lipinski definition) is 1. The Hall–Kier alpha value is -0.650. The van der Waals surface area contributed by atoms with E-state index in [4.69, 9.17) is 15.2 Å². The van der Waals surface area contributed by atoms with E-state index in [1.54, 1.807) is 0 Å². The van der Waals surface area contributed by atoms with Crippen molar-refractivity contribution in [2.45, 2.75) is 38.1 Å². The summed E-state index contributed by atoms with van der Waals surface area (Å²) in [7, 11) is 0. The Morgan fingerprint density at radius 1 is 1.50 bits per heavy atom. The Bertz CT molecular complexity index is 260. The highest BCUT2D eigenvalue weighted by Crippen LogP contribution is 2.21. The average Bonchev–Trinajstić information content (AvgIpc) is 2.76. The molecule has 0 radical (unpaired) electrons. The van der Waals surface area contributed by atoms with Crippen LogP contribution in [0.2, 0.25) is 0 Å². The van der Waals surface area contributed by atoms with E-state index in [2.05, 4.69) is 0 Å². The molecule has 1 amide bonds. The lowest BCUT2D eigenvalue weighted by Gasteiger charge is -2.32. The predicted molar refractivity (Wildman–Crippen MR) is 58.9 cm³/mol. The summed E-state index contributed by atoms with van der Waals surface area (Å²) in [5, 5.41) is 0. The lowest BCUT2D eigenvalue weighted by Crippen LogP contribution is -2.48. The number of amides is 1. The van der Waals surface area contributed by atoms with Crippen LogP contribution in [0.3, 0.4) is 0 Å². The van der Waals surface area contributed by atoms with Crippen LogP contribution in [0.5, 0.6) is 0 Å². The molecule has 2 rings (SSSR count). The number of carbonyl (C=O) groups is 1. The van der Waals surface area contributed by atoms with Gasteiger partial charge in [0.05, 0.1) is 18.8 Å². The highest BCUT2D eigenvalue weighted by Gasteiger charge is 2.34. The van der Waals surface area contributed by atoms with E-state index in [0.29, 0.717) is 26.2 Å². The van der Waals surface area contributed by atoms with Crippen LogP contribution in [0, 0.1) is 0 Å². The molecule has 0 aromatic heterocycles. The zero-order chi connectivity index (χ0) is 11.5. The summed E-state index contributed by atoms with van der Waals surface area (Å²) < 4.78 is 11.0. The zero-order valence-corrected chi connectivity index (χ0v) is 9.72. The largest absolute Gasteiger partial charge is 0.375 e. The first-order valence-electron chi connectivity index (χ1n) is 5.96. The molecule has 3 atom stereocenters. The van der Waals surface area contributed by atoms with Crippen molar-refractivity contribution in [1.82, 2.24) is 4.90 Å². The van der Waals surface area contributed by atoms with Gasteiger partial charge in [0.25, 0.3) is 5.91 Å². The normalized spacial score (nSPS) is 35.4. The Kier molecular flexibility index (Phi) is 3.78. The van der Waals surface area contributed by atoms with Gasteiger partial charge in [-0.3, -0.25) is 4.79 Å². The summed E-state index contributed by atoms with van der Waals surface area (Å²) in [4.78, 5) is 14.0. The lowest BCUT2D eigenvalue weighted by atomic mass is 10.1. The van der Waals surface area contributed by atoms with Crippen molar-refractivity contribution >= 4 is 5.91 Å². The van der Waals surface area contributed by atoms with Gasteiger partial charge in [-0.05, 0) is 19.8 Å². The monoisotopic (exact) mass is 228 g/mol. The molecule has 2 heterocycles. The number of rotatable bonds is 2. The van der Waals surface area contributed by atoms with Crippen molar-refractivity contribution in [3.63, 3.8) is 0 Å². The standard InChI is InChI=1S/C11H20N2O3/c1-8-7-13(4-5-15-8)11(14)10-3-2-9(6-12)16-10/h8-10H,2-7,12H2,1H3. The van der Waals surface area contributed by atoms with E-state index in [9.17, 15) is 4.79 Å². The summed E-state index contributed by atoms with van der Waals surface area (Å²) in [6.07, 6.45) is 1.61. The van der Waals surface area contributed by atoms with Crippen molar-refractivity contribution < 1.29 is 14.3 Å². The maximum Gasteiger partial charge on any atom is 0.251 e. The van der Waals surface area contributed by atoms with Crippen molar-refractivity contribution in [2.75, 3.05) is 26.2 Å². The van der Waals surface area contributed by atoms with Gasteiger partial charge in [-0.2, -0.15) is 0 Å². The van der Waals surface area contributed by atoms with Gasteiger partial charge >= 0.3 is 0 Å². The van der Waals surface area contributed by atoms with Crippen LogP contribution in [0.1, 0.15) is 19.8 Å². The molecule has 5 nitrogen and oxygen atoms in total. The van der Waals surface area contributed by atoms with Crippen LogP contribution in [0.4, 0.5) is 0 Å². The minimum Gasteiger partial charge on any atom is -0.375 e. The smallest absolute Gasteiger partial charge is 0.251 e. The Morgan fingerprint density at radius 3 is 2.94 bits per heavy atom. The van der Waals surface area contributed by atoms with E-state index < -0.39 is 0 Å². The molecular weight excluding hydrogens is 208 g/mol. The second-order valence-electron chi connectivity index (χ2n) is 4.53.